The van der Waals surface area contributed by atoms with Crippen molar-refractivity contribution in [3.05, 3.63) is 67.6 Å². The largest absolute Gasteiger partial charge is 0.271 e. The van der Waals surface area contributed by atoms with Crippen molar-refractivity contribution in [1.82, 2.24) is 5.43 Å². The molecule has 0 radical (unpaired) electrons. The molecular weight excluding hydrogens is 348 g/mol. The minimum Gasteiger partial charge on any atom is -0.271 e. The van der Waals surface area contributed by atoms with E-state index in [9.17, 15) is 0 Å². The van der Waals surface area contributed by atoms with Crippen LogP contribution in [0.1, 0.15) is 33.9 Å². The van der Waals surface area contributed by atoms with Gasteiger partial charge >= 0.3 is 0 Å². The van der Waals surface area contributed by atoms with Crippen LogP contribution in [0.15, 0.2) is 34.8 Å². The van der Waals surface area contributed by atoms with Crippen molar-refractivity contribution in [1.29, 1.82) is 0 Å². The molecular formula is C17H20BrClN2. The first-order valence-corrected chi connectivity index (χ1v) is 8.07. The zero-order valence-electron chi connectivity index (χ0n) is 12.5. The fraction of sp³-hybridized carbons (Fsp3) is 0.294. The fourth-order valence-electron chi connectivity index (χ4n) is 2.74. The number of nitrogens with two attached hydrogens (primary N) is 1. The van der Waals surface area contributed by atoms with Gasteiger partial charge in [0, 0.05) is 4.47 Å². The molecule has 2 aromatic rings. The lowest BCUT2D eigenvalue weighted by Gasteiger charge is -2.20. The van der Waals surface area contributed by atoms with Crippen molar-refractivity contribution in [2.45, 2.75) is 33.2 Å². The van der Waals surface area contributed by atoms with Gasteiger partial charge in [0.1, 0.15) is 0 Å². The Bertz CT molecular complexity index is 632. The maximum Gasteiger partial charge on any atom is 0.0551 e. The first kappa shape index (κ1) is 16.5. The number of aryl methyl sites for hydroxylation is 3. The van der Waals surface area contributed by atoms with Crippen LogP contribution in [0.25, 0.3) is 0 Å². The third-order valence-electron chi connectivity index (χ3n) is 3.80. The molecule has 2 nitrogen and oxygen atoms in total. The first-order valence-electron chi connectivity index (χ1n) is 6.90. The van der Waals surface area contributed by atoms with Crippen molar-refractivity contribution < 1.29 is 0 Å². The molecule has 1 atom stereocenters. The second-order valence-corrected chi connectivity index (χ2v) is 6.74. The van der Waals surface area contributed by atoms with E-state index in [0.717, 1.165) is 16.5 Å². The third-order valence-corrected chi connectivity index (χ3v) is 5.03. The van der Waals surface area contributed by atoms with Crippen LogP contribution in [0.5, 0.6) is 0 Å². The van der Waals surface area contributed by atoms with Gasteiger partial charge in [-0.15, -0.1) is 0 Å². The molecule has 0 heterocycles. The van der Waals surface area contributed by atoms with Crippen LogP contribution in [0.4, 0.5) is 0 Å². The molecule has 0 saturated heterocycles. The van der Waals surface area contributed by atoms with E-state index in [0.29, 0.717) is 5.02 Å². The van der Waals surface area contributed by atoms with Crippen molar-refractivity contribution in [2.24, 2.45) is 5.84 Å². The van der Waals surface area contributed by atoms with Crippen molar-refractivity contribution >= 4 is 27.5 Å². The number of nitrogens with one attached hydrogen (secondary N) is 1. The van der Waals surface area contributed by atoms with Gasteiger partial charge in [0.25, 0.3) is 0 Å². The summed E-state index contributed by atoms with van der Waals surface area (Å²) in [5, 5.41) is 0.699. The molecule has 0 amide bonds. The summed E-state index contributed by atoms with van der Waals surface area (Å²) in [5.41, 5.74) is 9.23. The molecule has 4 heteroatoms. The van der Waals surface area contributed by atoms with E-state index in [2.05, 4.69) is 54.3 Å². The Labute approximate surface area is 139 Å². The maximum absolute atomic E-state index is 6.19. The average Bonchev–Trinajstić information content (AvgIpc) is 2.41. The number of benzene rings is 2. The van der Waals surface area contributed by atoms with Crippen LogP contribution < -0.4 is 11.3 Å². The Balaban J connectivity index is 2.33. The molecule has 2 rings (SSSR count). The molecule has 3 N–H and O–H groups in total. The number of rotatable bonds is 4. The van der Waals surface area contributed by atoms with E-state index in [-0.39, 0.29) is 6.04 Å². The van der Waals surface area contributed by atoms with E-state index >= 15 is 0 Å². The molecule has 21 heavy (non-hydrogen) atoms. The van der Waals surface area contributed by atoms with Crippen LogP contribution in [0.3, 0.4) is 0 Å². The van der Waals surface area contributed by atoms with Crippen molar-refractivity contribution in [3.63, 3.8) is 0 Å². The zero-order valence-corrected chi connectivity index (χ0v) is 14.8. The van der Waals surface area contributed by atoms with E-state index < -0.39 is 0 Å². The van der Waals surface area contributed by atoms with E-state index in [1.165, 1.54) is 22.3 Å². The van der Waals surface area contributed by atoms with E-state index in [1.807, 2.05) is 18.2 Å². The van der Waals surface area contributed by atoms with Gasteiger partial charge in [0.2, 0.25) is 0 Å². The number of hydrogen-bond acceptors (Lipinski definition) is 2. The van der Waals surface area contributed by atoms with Gasteiger partial charge < -0.3 is 0 Å². The van der Waals surface area contributed by atoms with Crippen LogP contribution in [0, 0.1) is 20.8 Å². The molecule has 1 unspecified atom stereocenters. The maximum atomic E-state index is 6.19. The summed E-state index contributed by atoms with van der Waals surface area (Å²) in [6.45, 7) is 6.42. The molecule has 0 fully saturated rings. The molecule has 0 aliphatic carbocycles. The summed E-state index contributed by atoms with van der Waals surface area (Å²) in [5.74, 6) is 5.77. The molecule has 0 saturated carbocycles. The smallest absolute Gasteiger partial charge is 0.0551 e. The molecule has 0 bridgehead atoms. The van der Waals surface area contributed by atoms with Gasteiger partial charge in [0.05, 0.1) is 11.1 Å². The Morgan fingerprint density at radius 3 is 2.29 bits per heavy atom. The normalized spacial score (nSPS) is 12.5. The highest BCUT2D eigenvalue weighted by Crippen LogP contribution is 2.29. The lowest BCUT2D eigenvalue weighted by molar-refractivity contribution is 0.549. The average molecular weight is 368 g/mol. The molecule has 0 aromatic heterocycles. The zero-order chi connectivity index (χ0) is 15.6. The highest BCUT2D eigenvalue weighted by Gasteiger charge is 2.15. The predicted octanol–water partition coefficient (Wildman–Crippen LogP) is 4.77. The van der Waals surface area contributed by atoms with Crippen LogP contribution in [-0.2, 0) is 6.42 Å². The lowest BCUT2D eigenvalue weighted by atomic mass is 9.92. The van der Waals surface area contributed by atoms with Crippen LogP contribution >= 0.6 is 27.5 Å². The predicted molar refractivity (Wildman–Crippen MR) is 93.6 cm³/mol. The minimum absolute atomic E-state index is 0.0377. The van der Waals surface area contributed by atoms with Gasteiger partial charge in [-0.25, -0.2) is 0 Å². The quantitative estimate of drug-likeness (QED) is 0.603. The second kappa shape index (κ2) is 6.93. The van der Waals surface area contributed by atoms with Gasteiger partial charge in [-0.2, -0.15) is 0 Å². The lowest BCUT2D eigenvalue weighted by Crippen LogP contribution is -2.30. The number of halogens is 2. The van der Waals surface area contributed by atoms with E-state index in [1.54, 1.807) is 0 Å². The summed E-state index contributed by atoms with van der Waals surface area (Å²) in [6.07, 6.45) is 0.840. The van der Waals surface area contributed by atoms with Gasteiger partial charge in [-0.05, 0) is 77.5 Å². The summed E-state index contributed by atoms with van der Waals surface area (Å²) in [6, 6.07) is 10.4. The first-order chi connectivity index (χ1) is 9.92. The monoisotopic (exact) mass is 366 g/mol. The number of hydrazine groups is 1. The Morgan fingerprint density at radius 2 is 1.76 bits per heavy atom. The Morgan fingerprint density at radius 1 is 1.14 bits per heavy atom. The summed E-state index contributed by atoms with van der Waals surface area (Å²) < 4.78 is 0.895. The summed E-state index contributed by atoms with van der Waals surface area (Å²) >= 11 is 9.60. The molecule has 2 aromatic carbocycles. The van der Waals surface area contributed by atoms with Crippen LogP contribution in [0.2, 0.25) is 5.02 Å². The molecule has 0 spiro atoms. The Kier molecular flexibility index (Phi) is 5.44. The third kappa shape index (κ3) is 3.86. The van der Waals surface area contributed by atoms with Gasteiger partial charge in [-0.3, -0.25) is 11.3 Å². The van der Waals surface area contributed by atoms with Crippen molar-refractivity contribution in [2.75, 3.05) is 0 Å². The van der Waals surface area contributed by atoms with Gasteiger partial charge in [-0.1, -0.05) is 35.4 Å². The van der Waals surface area contributed by atoms with Gasteiger partial charge in [0.15, 0.2) is 0 Å². The standard InChI is InChI=1S/C17H20BrClN2/c1-10-6-11(2)14(12(3)7-10)9-17(21-20)13-4-5-15(18)16(19)8-13/h4-8,17,21H,9,20H2,1-3H3. The Hall–Kier alpha value is -0.870. The molecule has 0 aliphatic rings. The minimum atomic E-state index is 0.0377. The summed E-state index contributed by atoms with van der Waals surface area (Å²) in [4.78, 5) is 0. The van der Waals surface area contributed by atoms with E-state index in [4.69, 9.17) is 17.4 Å². The van der Waals surface area contributed by atoms with Crippen LogP contribution in [-0.4, -0.2) is 0 Å². The topological polar surface area (TPSA) is 38.0 Å². The summed E-state index contributed by atoms with van der Waals surface area (Å²) in [7, 11) is 0. The number of hydrogen-bond donors (Lipinski definition) is 2. The van der Waals surface area contributed by atoms with Crippen molar-refractivity contribution in [3.8, 4) is 0 Å². The molecule has 0 aliphatic heterocycles. The highest BCUT2D eigenvalue weighted by molar-refractivity contribution is 9.10. The highest BCUT2D eigenvalue weighted by atomic mass is 79.9. The SMILES string of the molecule is Cc1cc(C)c(CC(NN)c2ccc(Br)c(Cl)c2)c(C)c1. The second-order valence-electron chi connectivity index (χ2n) is 5.47. The molecule has 112 valence electrons. The fourth-order valence-corrected chi connectivity index (χ4v) is 3.17.